The van der Waals surface area contributed by atoms with Gasteiger partial charge in [0.2, 0.25) is 0 Å². The van der Waals surface area contributed by atoms with Gasteiger partial charge in [-0.2, -0.15) is 0 Å². The molecule has 1 rings (SSSR count). The fourth-order valence-electron chi connectivity index (χ4n) is 0.996. The highest BCUT2D eigenvalue weighted by molar-refractivity contribution is 7.10. The number of aryl methyl sites for hydroxylation is 1. The first kappa shape index (κ1) is 9.75. The van der Waals surface area contributed by atoms with Gasteiger partial charge in [0, 0.05) is 17.5 Å². The Morgan fingerprint density at radius 2 is 2.33 bits per heavy atom. The molecule has 1 atom stereocenters. The summed E-state index contributed by atoms with van der Waals surface area (Å²) in [6.45, 7) is 7.63. The number of thiophene rings is 1. The molecular weight excluding hydrogens is 166 g/mol. The van der Waals surface area contributed by atoms with Crippen molar-refractivity contribution < 1.29 is 0 Å². The second kappa shape index (κ2) is 4.63. The summed E-state index contributed by atoms with van der Waals surface area (Å²) in [6.07, 6.45) is 1.20. The predicted octanol–water partition coefficient (Wildman–Crippen LogP) is 2.94. The Bertz CT molecular complexity index is 229. The van der Waals surface area contributed by atoms with Gasteiger partial charge < -0.3 is 5.32 Å². The number of hydrogen-bond donors (Lipinski definition) is 1. The molecular formula is C10H17NS. The Morgan fingerprint density at radius 1 is 1.58 bits per heavy atom. The third-order valence-electron chi connectivity index (χ3n) is 2.19. The average molecular weight is 183 g/mol. The van der Waals surface area contributed by atoms with Gasteiger partial charge in [0.25, 0.3) is 0 Å². The van der Waals surface area contributed by atoms with E-state index in [2.05, 4.69) is 37.5 Å². The first-order valence-corrected chi connectivity index (χ1v) is 5.38. The van der Waals surface area contributed by atoms with Crippen molar-refractivity contribution in [3.8, 4) is 0 Å². The fourth-order valence-corrected chi connectivity index (χ4v) is 1.85. The molecule has 0 saturated carbocycles. The first-order chi connectivity index (χ1) is 5.74. The van der Waals surface area contributed by atoms with Crippen LogP contribution in [-0.2, 0) is 6.54 Å². The Kier molecular flexibility index (Phi) is 3.76. The molecule has 1 aromatic rings. The van der Waals surface area contributed by atoms with E-state index < -0.39 is 0 Å². The molecule has 0 aliphatic rings. The lowest BCUT2D eigenvalue weighted by atomic mass is 10.2. The largest absolute Gasteiger partial charge is 0.309 e. The molecule has 2 heteroatoms. The standard InChI is InChI=1S/C10H17NS/c1-4-9(3)11-7-10-8(2)5-6-12-10/h5-6,9,11H,4,7H2,1-3H3/t9-/m0/s1. The highest BCUT2D eigenvalue weighted by atomic mass is 32.1. The second-order valence-electron chi connectivity index (χ2n) is 3.22. The third-order valence-corrected chi connectivity index (χ3v) is 3.21. The maximum absolute atomic E-state index is 3.49. The van der Waals surface area contributed by atoms with Gasteiger partial charge in [0.15, 0.2) is 0 Å². The van der Waals surface area contributed by atoms with E-state index in [1.165, 1.54) is 16.9 Å². The molecule has 0 aromatic carbocycles. The highest BCUT2D eigenvalue weighted by Crippen LogP contribution is 2.15. The SMILES string of the molecule is CC[C@H](C)NCc1sccc1C. The van der Waals surface area contributed by atoms with Gasteiger partial charge in [-0.1, -0.05) is 6.92 Å². The van der Waals surface area contributed by atoms with E-state index in [0.717, 1.165) is 6.54 Å². The molecule has 0 bridgehead atoms. The van der Waals surface area contributed by atoms with Crippen molar-refractivity contribution in [3.63, 3.8) is 0 Å². The lowest BCUT2D eigenvalue weighted by Gasteiger charge is -2.10. The number of hydrogen-bond acceptors (Lipinski definition) is 2. The summed E-state index contributed by atoms with van der Waals surface area (Å²) in [4.78, 5) is 1.47. The van der Waals surface area contributed by atoms with E-state index in [0.29, 0.717) is 6.04 Å². The molecule has 0 spiro atoms. The van der Waals surface area contributed by atoms with E-state index in [1.807, 2.05) is 11.3 Å². The minimum absolute atomic E-state index is 0.631. The van der Waals surface area contributed by atoms with Crippen molar-refractivity contribution in [2.75, 3.05) is 0 Å². The molecule has 0 amide bonds. The predicted molar refractivity (Wildman–Crippen MR) is 55.6 cm³/mol. The molecule has 1 N–H and O–H groups in total. The van der Waals surface area contributed by atoms with Gasteiger partial charge in [-0.05, 0) is 37.3 Å². The molecule has 1 aromatic heterocycles. The van der Waals surface area contributed by atoms with Crippen LogP contribution < -0.4 is 5.32 Å². The van der Waals surface area contributed by atoms with Gasteiger partial charge in [-0.3, -0.25) is 0 Å². The van der Waals surface area contributed by atoms with Gasteiger partial charge in [-0.25, -0.2) is 0 Å². The Balaban J connectivity index is 2.38. The van der Waals surface area contributed by atoms with Crippen molar-refractivity contribution in [1.82, 2.24) is 5.32 Å². The van der Waals surface area contributed by atoms with Crippen molar-refractivity contribution >= 4 is 11.3 Å². The molecule has 0 saturated heterocycles. The Morgan fingerprint density at radius 3 is 2.83 bits per heavy atom. The summed E-state index contributed by atoms with van der Waals surface area (Å²) < 4.78 is 0. The topological polar surface area (TPSA) is 12.0 Å². The molecule has 12 heavy (non-hydrogen) atoms. The summed E-state index contributed by atoms with van der Waals surface area (Å²) in [5.41, 5.74) is 1.41. The van der Waals surface area contributed by atoms with Crippen molar-refractivity contribution in [2.45, 2.75) is 39.8 Å². The van der Waals surface area contributed by atoms with Crippen LogP contribution in [0.5, 0.6) is 0 Å². The van der Waals surface area contributed by atoms with E-state index in [4.69, 9.17) is 0 Å². The molecule has 1 heterocycles. The van der Waals surface area contributed by atoms with Crippen LogP contribution in [0.15, 0.2) is 11.4 Å². The van der Waals surface area contributed by atoms with Crippen molar-refractivity contribution in [3.05, 3.63) is 21.9 Å². The van der Waals surface area contributed by atoms with E-state index >= 15 is 0 Å². The third kappa shape index (κ3) is 2.61. The molecule has 0 aliphatic heterocycles. The van der Waals surface area contributed by atoms with Gasteiger partial charge in [0.1, 0.15) is 0 Å². The summed E-state index contributed by atoms with van der Waals surface area (Å²) in [7, 11) is 0. The monoisotopic (exact) mass is 183 g/mol. The molecule has 68 valence electrons. The average Bonchev–Trinajstić information content (AvgIpc) is 2.47. The van der Waals surface area contributed by atoms with E-state index in [1.54, 1.807) is 0 Å². The van der Waals surface area contributed by atoms with Crippen LogP contribution in [-0.4, -0.2) is 6.04 Å². The summed E-state index contributed by atoms with van der Waals surface area (Å²) in [5, 5.41) is 5.64. The van der Waals surface area contributed by atoms with Crippen LogP contribution in [0.25, 0.3) is 0 Å². The van der Waals surface area contributed by atoms with Crippen molar-refractivity contribution in [2.24, 2.45) is 0 Å². The van der Waals surface area contributed by atoms with Crippen LogP contribution in [0.3, 0.4) is 0 Å². The smallest absolute Gasteiger partial charge is 0.0304 e. The van der Waals surface area contributed by atoms with E-state index in [-0.39, 0.29) is 0 Å². The van der Waals surface area contributed by atoms with E-state index in [9.17, 15) is 0 Å². The van der Waals surface area contributed by atoms with Crippen LogP contribution in [0.1, 0.15) is 30.7 Å². The normalized spacial score (nSPS) is 13.2. The van der Waals surface area contributed by atoms with Crippen LogP contribution in [0, 0.1) is 6.92 Å². The zero-order chi connectivity index (χ0) is 8.97. The van der Waals surface area contributed by atoms with Gasteiger partial charge in [-0.15, -0.1) is 11.3 Å². The van der Waals surface area contributed by atoms with Gasteiger partial charge >= 0.3 is 0 Å². The fraction of sp³-hybridized carbons (Fsp3) is 0.600. The van der Waals surface area contributed by atoms with Crippen LogP contribution in [0.2, 0.25) is 0 Å². The number of rotatable bonds is 4. The summed E-state index contributed by atoms with van der Waals surface area (Å²) in [6, 6.07) is 2.81. The lowest BCUT2D eigenvalue weighted by molar-refractivity contribution is 0.536. The molecule has 0 fully saturated rings. The van der Waals surface area contributed by atoms with Crippen molar-refractivity contribution in [1.29, 1.82) is 0 Å². The second-order valence-corrected chi connectivity index (χ2v) is 4.22. The molecule has 0 radical (unpaired) electrons. The Hall–Kier alpha value is -0.340. The quantitative estimate of drug-likeness (QED) is 0.756. The molecule has 0 unspecified atom stereocenters. The van der Waals surface area contributed by atoms with Crippen LogP contribution in [0.4, 0.5) is 0 Å². The summed E-state index contributed by atoms with van der Waals surface area (Å²) >= 11 is 1.84. The first-order valence-electron chi connectivity index (χ1n) is 4.50. The zero-order valence-corrected chi connectivity index (χ0v) is 8.87. The minimum atomic E-state index is 0.631. The molecule has 1 nitrogen and oxygen atoms in total. The van der Waals surface area contributed by atoms with Crippen LogP contribution >= 0.6 is 11.3 Å². The highest BCUT2D eigenvalue weighted by Gasteiger charge is 2.01. The summed E-state index contributed by atoms with van der Waals surface area (Å²) in [5.74, 6) is 0. The Labute approximate surface area is 78.8 Å². The number of nitrogens with one attached hydrogen (secondary N) is 1. The molecule has 0 aliphatic carbocycles. The maximum atomic E-state index is 3.49. The maximum Gasteiger partial charge on any atom is 0.0304 e. The zero-order valence-electron chi connectivity index (χ0n) is 8.05. The van der Waals surface area contributed by atoms with Gasteiger partial charge in [0.05, 0.1) is 0 Å². The lowest BCUT2D eigenvalue weighted by Crippen LogP contribution is -2.24. The minimum Gasteiger partial charge on any atom is -0.309 e.